The zero-order valence-corrected chi connectivity index (χ0v) is 15.1. The fourth-order valence-electron chi connectivity index (χ4n) is 2.74. The predicted octanol–water partition coefficient (Wildman–Crippen LogP) is 3.24. The SMILES string of the molecule is O=C(NCc1cnn(-c2ccc(Cl)cc2)c1)c1n[nH]c2ccc([N+](=O)[O-])cc12. The molecule has 0 fully saturated rings. The van der Waals surface area contributed by atoms with Gasteiger partial charge in [-0.05, 0) is 30.3 Å². The summed E-state index contributed by atoms with van der Waals surface area (Å²) in [6.45, 7) is 0.232. The fraction of sp³-hybridized carbons (Fsp3) is 0.0556. The molecule has 4 aromatic rings. The van der Waals surface area contributed by atoms with E-state index in [9.17, 15) is 14.9 Å². The Balaban J connectivity index is 1.49. The van der Waals surface area contributed by atoms with Crippen molar-refractivity contribution in [3.63, 3.8) is 0 Å². The van der Waals surface area contributed by atoms with Gasteiger partial charge < -0.3 is 5.32 Å². The normalized spacial score (nSPS) is 10.9. The molecule has 140 valence electrons. The van der Waals surface area contributed by atoms with Crippen LogP contribution in [0.5, 0.6) is 0 Å². The Kier molecular flexibility index (Phi) is 4.50. The van der Waals surface area contributed by atoms with Crippen LogP contribution in [0.4, 0.5) is 5.69 Å². The summed E-state index contributed by atoms with van der Waals surface area (Å²) in [4.78, 5) is 22.9. The third-order valence-corrected chi connectivity index (χ3v) is 4.40. The number of hydrogen-bond acceptors (Lipinski definition) is 5. The Hall–Kier alpha value is -3.72. The molecule has 0 saturated heterocycles. The number of rotatable bonds is 5. The Bertz CT molecular complexity index is 1180. The summed E-state index contributed by atoms with van der Waals surface area (Å²) in [6.07, 6.45) is 3.43. The minimum absolute atomic E-state index is 0.101. The van der Waals surface area contributed by atoms with Crippen LogP contribution in [0.25, 0.3) is 16.6 Å². The number of aromatic nitrogens is 4. The molecule has 1 amide bonds. The van der Waals surface area contributed by atoms with Crippen LogP contribution >= 0.6 is 11.6 Å². The van der Waals surface area contributed by atoms with Crippen LogP contribution in [0.1, 0.15) is 16.1 Å². The van der Waals surface area contributed by atoms with E-state index in [0.29, 0.717) is 15.9 Å². The van der Waals surface area contributed by atoms with Crippen LogP contribution in [-0.4, -0.2) is 30.8 Å². The molecule has 0 unspecified atom stereocenters. The standard InChI is InChI=1S/C18H13ClN6O3/c19-12-1-3-13(4-2-12)24-10-11(9-21-24)8-20-18(26)17-15-7-14(25(27)28)5-6-16(15)22-23-17/h1-7,9-10H,8H2,(H,20,26)(H,22,23). The van der Waals surface area contributed by atoms with E-state index in [1.54, 1.807) is 29.2 Å². The third-order valence-electron chi connectivity index (χ3n) is 4.15. The van der Waals surface area contributed by atoms with E-state index >= 15 is 0 Å². The van der Waals surface area contributed by atoms with Crippen LogP contribution in [0, 0.1) is 10.1 Å². The minimum Gasteiger partial charge on any atom is -0.346 e. The summed E-state index contributed by atoms with van der Waals surface area (Å²) in [5.74, 6) is -0.439. The molecular weight excluding hydrogens is 384 g/mol. The molecule has 2 aromatic heterocycles. The lowest BCUT2D eigenvalue weighted by molar-refractivity contribution is -0.384. The van der Waals surface area contributed by atoms with Gasteiger partial charge in [0, 0.05) is 40.8 Å². The van der Waals surface area contributed by atoms with E-state index in [2.05, 4.69) is 20.6 Å². The second-order valence-electron chi connectivity index (χ2n) is 6.01. The number of nitrogens with one attached hydrogen (secondary N) is 2. The van der Waals surface area contributed by atoms with E-state index in [1.165, 1.54) is 18.2 Å². The molecule has 2 N–H and O–H groups in total. The maximum Gasteiger partial charge on any atom is 0.272 e. The average molecular weight is 397 g/mol. The molecule has 0 saturated carbocycles. The Morgan fingerprint density at radius 3 is 2.79 bits per heavy atom. The molecule has 0 bridgehead atoms. The van der Waals surface area contributed by atoms with Crippen molar-refractivity contribution in [2.75, 3.05) is 0 Å². The number of non-ortho nitro benzene ring substituents is 1. The van der Waals surface area contributed by atoms with E-state index in [-0.39, 0.29) is 17.9 Å². The van der Waals surface area contributed by atoms with Gasteiger partial charge in [0.2, 0.25) is 0 Å². The van der Waals surface area contributed by atoms with Gasteiger partial charge in [-0.3, -0.25) is 20.0 Å². The van der Waals surface area contributed by atoms with Crippen LogP contribution in [-0.2, 0) is 6.54 Å². The minimum atomic E-state index is -0.515. The molecule has 0 radical (unpaired) electrons. The lowest BCUT2D eigenvalue weighted by Gasteiger charge is -2.02. The van der Waals surface area contributed by atoms with Gasteiger partial charge in [0.25, 0.3) is 11.6 Å². The topological polar surface area (TPSA) is 119 Å². The highest BCUT2D eigenvalue weighted by molar-refractivity contribution is 6.30. The summed E-state index contributed by atoms with van der Waals surface area (Å²) in [6, 6.07) is 11.4. The Morgan fingerprint density at radius 2 is 2.04 bits per heavy atom. The van der Waals surface area contributed by atoms with Crippen LogP contribution < -0.4 is 5.32 Å². The first-order valence-electron chi connectivity index (χ1n) is 8.21. The fourth-order valence-corrected chi connectivity index (χ4v) is 2.87. The molecular formula is C18H13ClN6O3. The molecule has 4 rings (SSSR count). The molecule has 0 aliphatic rings. The lowest BCUT2D eigenvalue weighted by atomic mass is 10.2. The van der Waals surface area contributed by atoms with Crippen molar-refractivity contribution in [1.82, 2.24) is 25.3 Å². The van der Waals surface area contributed by atoms with Crippen molar-refractivity contribution in [1.29, 1.82) is 0 Å². The summed E-state index contributed by atoms with van der Waals surface area (Å²) < 4.78 is 1.67. The first kappa shape index (κ1) is 17.7. The van der Waals surface area contributed by atoms with Crippen molar-refractivity contribution in [3.8, 4) is 5.69 Å². The number of amides is 1. The quantitative estimate of drug-likeness (QED) is 0.396. The van der Waals surface area contributed by atoms with Gasteiger partial charge in [0.1, 0.15) is 0 Å². The molecule has 0 aliphatic heterocycles. The van der Waals surface area contributed by atoms with Crippen molar-refractivity contribution in [2.45, 2.75) is 6.54 Å². The van der Waals surface area contributed by atoms with Crippen molar-refractivity contribution >= 4 is 34.1 Å². The van der Waals surface area contributed by atoms with Gasteiger partial charge in [-0.15, -0.1) is 0 Å². The highest BCUT2D eigenvalue weighted by atomic mass is 35.5. The zero-order valence-electron chi connectivity index (χ0n) is 14.3. The highest BCUT2D eigenvalue weighted by Crippen LogP contribution is 2.22. The molecule has 10 heteroatoms. The number of H-pyrrole nitrogens is 1. The Labute approximate surface area is 163 Å². The number of carbonyl (C=O) groups is 1. The number of carbonyl (C=O) groups excluding carboxylic acids is 1. The lowest BCUT2D eigenvalue weighted by Crippen LogP contribution is -2.23. The van der Waals surface area contributed by atoms with E-state index < -0.39 is 10.8 Å². The van der Waals surface area contributed by atoms with Gasteiger partial charge in [-0.2, -0.15) is 10.2 Å². The number of aromatic amines is 1. The summed E-state index contributed by atoms with van der Waals surface area (Å²) in [5, 5.41) is 25.7. The molecule has 28 heavy (non-hydrogen) atoms. The van der Waals surface area contributed by atoms with E-state index in [1.807, 2.05) is 12.1 Å². The van der Waals surface area contributed by atoms with Crippen LogP contribution in [0.15, 0.2) is 54.9 Å². The maximum absolute atomic E-state index is 12.5. The zero-order chi connectivity index (χ0) is 19.7. The predicted molar refractivity (Wildman–Crippen MR) is 102 cm³/mol. The van der Waals surface area contributed by atoms with Crippen molar-refractivity contribution in [2.24, 2.45) is 0 Å². The first-order chi connectivity index (χ1) is 13.5. The molecule has 2 heterocycles. The Morgan fingerprint density at radius 1 is 1.25 bits per heavy atom. The van der Waals surface area contributed by atoms with Gasteiger partial charge in [-0.1, -0.05) is 11.6 Å². The van der Waals surface area contributed by atoms with Crippen LogP contribution in [0.2, 0.25) is 5.02 Å². The number of halogens is 1. The molecule has 0 aliphatic carbocycles. The highest BCUT2D eigenvalue weighted by Gasteiger charge is 2.17. The summed E-state index contributed by atoms with van der Waals surface area (Å²) in [7, 11) is 0. The molecule has 9 nitrogen and oxygen atoms in total. The second-order valence-corrected chi connectivity index (χ2v) is 6.45. The second kappa shape index (κ2) is 7.12. The maximum atomic E-state index is 12.5. The average Bonchev–Trinajstić information content (AvgIpc) is 3.33. The van der Waals surface area contributed by atoms with Crippen molar-refractivity contribution in [3.05, 3.63) is 81.3 Å². The third kappa shape index (κ3) is 3.42. The number of hydrogen-bond donors (Lipinski definition) is 2. The van der Waals surface area contributed by atoms with Gasteiger partial charge in [0.15, 0.2) is 5.69 Å². The van der Waals surface area contributed by atoms with Gasteiger partial charge in [0.05, 0.1) is 22.3 Å². The summed E-state index contributed by atoms with van der Waals surface area (Å²) in [5.41, 5.74) is 2.17. The molecule has 0 spiro atoms. The first-order valence-corrected chi connectivity index (χ1v) is 8.59. The number of benzene rings is 2. The number of nitrogens with zero attached hydrogens (tertiary/aromatic N) is 4. The number of nitro benzene ring substituents is 1. The van der Waals surface area contributed by atoms with Gasteiger partial charge >= 0.3 is 0 Å². The molecule has 0 atom stereocenters. The smallest absolute Gasteiger partial charge is 0.272 e. The van der Waals surface area contributed by atoms with Gasteiger partial charge in [-0.25, -0.2) is 4.68 Å². The monoisotopic (exact) mass is 396 g/mol. The number of fused-ring (bicyclic) bond motifs is 1. The van der Waals surface area contributed by atoms with E-state index in [4.69, 9.17) is 11.6 Å². The number of nitro groups is 1. The van der Waals surface area contributed by atoms with Crippen molar-refractivity contribution < 1.29 is 9.72 Å². The summed E-state index contributed by atoms with van der Waals surface area (Å²) >= 11 is 5.88. The van der Waals surface area contributed by atoms with Crippen LogP contribution in [0.3, 0.4) is 0 Å². The van der Waals surface area contributed by atoms with E-state index in [0.717, 1.165) is 11.3 Å². The molecule has 2 aromatic carbocycles. The largest absolute Gasteiger partial charge is 0.346 e.